The lowest BCUT2D eigenvalue weighted by Crippen LogP contribution is -2.53. The molecule has 5 atom stereocenters. The molecule has 166 valence electrons. The van der Waals surface area contributed by atoms with Crippen LogP contribution < -0.4 is 0 Å². The largest absolute Gasteiger partial charge is 0.385 e. The third kappa shape index (κ3) is 2.87. The number of hydrogen-bond acceptors (Lipinski definition) is 4. The van der Waals surface area contributed by atoms with Gasteiger partial charge in [0.15, 0.2) is 5.79 Å². The molecule has 4 aliphatic carbocycles. The second-order valence-corrected chi connectivity index (χ2v) is 11.0. The fraction of sp³-hybridized carbons (Fsp3) is 0.667. The molecule has 3 saturated carbocycles. The molecule has 0 bridgehead atoms. The van der Waals surface area contributed by atoms with Crippen LogP contribution in [0.4, 0.5) is 0 Å². The molecule has 1 saturated heterocycles. The smallest absolute Gasteiger partial charge is 0.171 e. The van der Waals surface area contributed by atoms with Crippen molar-refractivity contribution in [2.75, 3.05) is 13.2 Å². The molecule has 1 aromatic carbocycles. The average Bonchev–Trinajstić information content (AvgIpc) is 3.31. The van der Waals surface area contributed by atoms with Crippen LogP contribution in [0.5, 0.6) is 0 Å². The Morgan fingerprint density at radius 3 is 2.52 bits per heavy atom. The maximum atomic E-state index is 13.1. The van der Waals surface area contributed by atoms with Gasteiger partial charge in [-0.15, -0.1) is 0 Å². The molecule has 3 unspecified atom stereocenters. The third-order valence-electron chi connectivity index (χ3n) is 9.42. The van der Waals surface area contributed by atoms with Gasteiger partial charge in [-0.1, -0.05) is 42.3 Å². The minimum Gasteiger partial charge on any atom is -0.385 e. The number of benzene rings is 1. The summed E-state index contributed by atoms with van der Waals surface area (Å²) in [6, 6.07) is 8.86. The van der Waals surface area contributed by atoms with Gasteiger partial charge in [-0.25, -0.2) is 0 Å². The van der Waals surface area contributed by atoms with Gasteiger partial charge in [0.2, 0.25) is 0 Å². The number of hydrogen-bond donors (Lipinski definition) is 1. The van der Waals surface area contributed by atoms with Crippen molar-refractivity contribution in [3.8, 4) is 0 Å². The van der Waals surface area contributed by atoms with E-state index in [0.29, 0.717) is 37.3 Å². The molecule has 6 rings (SSSR count). The quantitative estimate of drug-likeness (QED) is 0.659. The topological polar surface area (TPSA) is 55.8 Å². The molecular formula is C27H34O4. The van der Waals surface area contributed by atoms with E-state index < -0.39 is 11.4 Å². The molecular weight excluding hydrogens is 388 g/mol. The van der Waals surface area contributed by atoms with E-state index in [-0.39, 0.29) is 11.3 Å². The monoisotopic (exact) mass is 422 g/mol. The van der Waals surface area contributed by atoms with Crippen LogP contribution in [0.3, 0.4) is 0 Å². The van der Waals surface area contributed by atoms with Gasteiger partial charge in [-0.05, 0) is 62.0 Å². The van der Waals surface area contributed by atoms with Crippen molar-refractivity contribution in [3.63, 3.8) is 0 Å². The summed E-state index contributed by atoms with van der Waals surface area (Å²) in [6.07, 6.45) is 6.52. The number of allylic oxidation sites excluding steroid dienone is 1. The summed E-state index contributed by atoms with van der Waals surface area (Å²) in [5.74, 6) is 0.900. The Hall–Kier alpha value is -1.49. The Bertz CT molecular complexity index is 940. The summed E-state index contributed by atoms with van der Waals surface area (Å²) < 4.78 is 12.0. The van der Waals surface area contributed by atoms with Gasteiger partial charge in [-0.3, -0.25) is 4.79 Å². The number of ketones is 1. The molecule has 1 aromatic rings. The molecule has 4 nitrogen and oxygen atoms in total. The van der Waals surface area contributed by atoms with Crippen LogP contribution in [0.15, 0.2) is 35.4 Å². The Morgan fingerprint density at radius 2 is 1.77 bits per heavy atom. The molecule has 1 aliphatic heterocycles. The van der Waals surface area contributed by atoms with E-state index in [9.17, 15) is 9.90 Å². The Morgan fingerprint density at radius 1 is 1.03 bits per heavy atom. The molecule has 0 radical (unpaired) electrons. The van der Waals surface area contributed by atoms with E-state index in [1.807, 2.05) is 0 Å². The fourth-order valence-electron chi connectivity index (χ4n) is 7.88. The van der Waals surface area contributed by atoms with Gasteiger partial charge in [0.05, 0.1) is 18.8 Å². The normalized spacial score (nSPS) is 41.3. The highest BCUT2D eigenvalue weighted by molar-refractivity contribution is 5.87. The molecule has 1 N–H and O–H groups in total. The van der Waals surface area contributed by atoms with E-state index in [0.717, 1.165) is 44.9 Å². The van der Waals surface area contributed by atoms with Crippen molar-refractivity contribution >= 4 is 5.78 Å². The molecule has 1 heterocycles. The maximum absolute atomic E-state index is 13.1. The van der Waals surface area contributed by atoms with E-state index in [2.05, 4.69) is 38.1 Å². The standard InChI is InChI=1S/C27H34O4/c1-17-3-5-18(6-4-17)20-15-25(2)21(7-8-23(25)28)19-9-11-26(29)16-27(30-13-14-31-27)12-10-22(26)24(19)20/h3-6,19-21,29H,7-16H2,1-2H3/t19?,20?,21?,25-,26+/m0/s1. The highest BCUT2D eigenvalue weighted by Gasteiger charge is 2.60. The van der Waals surface area contributed by atoms with Gasteiger partial charge >= 0.3 is 0 Å². The Balaban J connectivity index is 1.48. The number of carbonyl (C=O) groups excluding carboxylic acids is 1. The van der Waals surface area contributed by atoms with Crippen molar-refractivity contribution < 1.29 is 19.4 Å². The number of Topliss-reactive ketones (excluding diaryl/α,β-unsaturated/α-hetero) is 1. The van der Waals surface area contributed by atoms with Gasteiger partial charge in [0.25, 0.3) is 0 Å². The summed E-state index contributed by atoms with van der Waals surface area (Å²) in [4.78, 5) is 13.1. The first-order chi connectivity index (χ1) is 14.8. The van der Waals surface area contributed by atoms with Crippen molar-refractivity contribution in [1.82, 2.24) is 0 Å². The van der Waals surface area contributed by atoms with E-state index >= 15 is 0 Å². The summed E-state index contributed by atoms with van der Waals surface area (Å²) in [5, 5.41) is 11.9. The predicted molar refractivity (Wildman–Crippen MR) is 118 cm³/mol. The molecule has 4 fully saturated rings. The predicted octanol–water partition coefficient (Wildman–Crippen LogP) is 4.83. The minimum absolute atomic E-state index is 0.218. The van der Waals surface area contributed by atoms with E-state index in [1.165, 1.54) is 22.3 Å². The molecule has 5 aliphatic rings. The lowest BCUT2D eigenvalue weighted by molar-refractivity contribution is -0.208. The lowest BCUT2D eigenvalue weighted by Gasteiger charge is -2.55. The average molecular weight is 423 g/mol. The molecule has 31 heavy (non-hydrogen) atoms. The second-order valence-electron chi connectivity index (χ2n) is 11.0. The van der Waals surface area contributed by atoms with Crippen molar-refractivity contribution in [3.05, 3.63) is 46.5 Å². The van der Waals surface area contributed by atoms with Crippen LogP contribution in [0, 0.1) is 24.2 Å². The van der Waals surface area contributed by atoms with Crippen molar-refractivity contribution in [1.29, 1.82) is 0 Å². The SMILES string of the molecule is Cc1ccc(C2C[C@]3(C)C(=O)CCC3C3CC[C@@]4(O)CC5(CCC4=C23)OCCO5)cc1. The zero-order valence-electron chi connectivity index (χ0n) is 18.8. The van der Waals surface area contributed by atoms with Crippen LogP contribution in [0.1, 0.15) is 75.3 Å². The highest BCUT2D eigenvalue weighted by Crippen LogP contribution is 2.64. The van der Waals surface area contributed by atoms with Gasteiger partial charge in [-0.2, -0.15) is 0 Å². The van der Waals surface area contributed by atoms with Crippen LogP contribution in [-0.4, -0.2) is 35.5 Å². The van der Waals surface area contributed by atoms with Crippen LogP contribution in [0.2, 0.25) is 0 Å². The Kier molecular flexibility index (Phi) is 4.39. The number of aliphatic hydroxyl groups is 1. The van der Waals surface area contributed by atoms with Crippen molar-refractivity contribution in [2.45, 2.75) is 82.5 Å². The lowest BCUT2D eigenvalue weighted by atomic mass is 9.51. The molecule has 4 heteroatoms. The summed E-state index contributed by atoms with van der Waals surface area (Å²) in [7, 11) is 0. The number of fused-ring (bicyclic) bond motifs is 4. The summed E-state index contributed by atoms with van der Waals surface area (Å²) in [6.45, 7) is 5.60. The third-order valence-corrected chi connectivity index (χ3v) is 9.42. The molecule has 1 spiro atoms. The number of aryl methyl sites for hydroxylation is 1. The van der Waals surface area contributed by atoms with Gasteiger partial charge in [0.1, 0.15) is 5.78 Å². The van der Waals surface area contributed by atoms with E-state index in [4.69, 9.17) is 9.47 Å². The van der Waals surface area contributed by atoms with Crippen molar-refractivity contribution in [2.24, 2.45) is 17.3 Å². The Labute approximate surface area is 185 Å². The summed E-state index contributed by atoms with van der Waals surface area (Å²) >= 11 is 0. The van der Waals surface area contributed by atoms with Crippen LogP contribution >= 0.6 is 0 Å². The summed E-state index contributed by atoms with van der Waals surface area (Å²) in [5.41, 5.74) is 4.20. The number of carbonyl (C=O) groups is 1. The molecule has 0 aromatic heterocycles. The minimum atomic E-state index is -0.840. The zero-order valence-corrected chi connectivity index (χ0v) is 18.8. The fourth-order valence-corrected chi connectivity index (χ4v) is 7.88. The molecule has 0 amide bonds. The van der Waals surface area contributed by atoms with E-state index in [1.54, 1.807) is 0 Å². The number of rotatable bonds is 1. The van der Waals surface area contributed by atoms with Gasteiger partial charge < -0.3 is 14.6 Å². The zero-order chi connectivity index (χ0) is 21.4. The first-order valence-corrected chi connectivity index (χ1v) is 12.2. The second kappa shape index (κ2) is 6.76. The number of ether oxygens (including phenoxy) is 2. The van der Waals surface area contributed by atoms with Crippen LogP contribution in [-0.2, 0) is 14.3 Å². The van der Waals surface area contributed by atoms with Crippen LogP contribution in [0.25, 0.3) is 0 Å². The first-order valence-electron chi connectivity index (χ1n) is 12.2. The van der Waals surface area contributed by atoms with Gasteiger partial charge in [0, 0.05) is 30.6 Å². The first kappa shape index (κ1) is 20.1. The maximum Gasteiger partial charge on any atom is 0.171 e. The highest BCUT2D eigenvalue weighted by atomic mass is 16.7.